The van der Waals surface area contributed by atoms with Gasteiger partial charge in [0, 0.05) is 11.8 Å². The van der Waals surface area contributed by atoms with Crippen molar-refractivity contribution in [2.75, 3.05) is 0 Å². The molecule has 1 unspecified atom stereocenters. The van der Waals surface area contributed by atoms with Crippen LogP contribution in [0.5, 0.6) is 5.75 Å². The zero-order valence-electron chi connectivity index (χ0n) is 12.7. The summed E-state index contributed by atoms with van der Waals surface area (Å²) in [5, 5.41) is 10.9. The molecule has 2 aromatic heterocycles. The lowest BCUT2D eigenvalue weighted by atomic mass is 10.2. The number of carbonyl (C=O) groups excluding carboxylic acids is 1. The molecule has 1 amide bonds. The summed E-state index contributed by atoms with van der Waals surface area (Å²) < 4.78 is 30.6. The molecule has 6 nitrogen and oxygen atoms in total. The molecule has 124 valence electrons. The van der Waals surface area contributed by atoms with Crippen LogP contribution in [0, 0.1) is 0 Å². The summed E-state index contributed by atoms with van der Waals surface area (Å²) in [7, 11) is 0. The van der Waals surface area contributed by atoms with Crippen molar-refractivity contribution in [1.82, 2.24) is 19.9 Å². The molecule has 0 radical (unpaired) electrons. The third kappa shape index (κ3) is 3.32. The van der Waals surface area contributed by atoms with Gasteiger partial charge in [-0.2, -0.15) is 8.78 Å². The van der Waals surface area contributed by atoms with E-state index in [9.17, 15) is 13.6 Å². The molecule has 24 heavy (non-hydrogen) atoms. The summed E-state index contributed by atoms with van der Waals surface area (Å²) >= 11 is 0. The number of fused-ring (bicyclic) bond motifs is 1. The van der Waals surface area contributed by atoms with Gasteiger partial charge in [0.05, 0.1) is 6.04 Å². The highest BCUT2D eigenvalue weighted by Gasteiger charge is 2.17. The van der Waals surface area contributed by atoms with E-state index in [1.165, 1.54) is 24.3 Å². The summed E-state index contributed by atoms with van der Waals surface area (Å²) in [5.74, 6) is 0.0760. The molecule has 1 atom stereocenters. The summed E-state index contributed by atoms with van der Waals surface area (Å²) in [5.41, 5.74) is 0.884. The maximum absolute atomic E-state index is 12.3. The van der Waals surface area contributed by atoms with Crippen LogP contribution in [0.15, 0.2) is 48.7 Å². The second-order valence-corrected chi connectivity index (χ2v) is 5.09. The van der Waals surface area contributed by atoms with Crippen LogP contribution in [0.1, 0.15) is 29.1 Å². The van der Waals surface area contributed by atoms with Gasteiger partial charge in [-0.25, -0.2) is 0 Å². The summed E-state index contributed by atoms with van der Waals surface area (Å²) in [6, 6.07) is 10.7. The van der Waals surface area contributed by atoms with E-state index in [1.54, 1.807) is 23.6 Å². The largest absolute Gasteiger partial charge is 0.435 e. The molecule has 0 fully saturated rings. The number of carbonyl (C=O) groups is 1. The first kappa shape index (κ1) is 15.9. The van der Waals surface area contributed by atoms with Crippen molar-refractivity contribution in [3.05, 3.63) is 60.0 Å². The minimum atomic E-state index is -2.94. The molecule has 0 bridgehead atoms. The zero-order valence-corrected chi connectivity index (χ0v) is 12.7. The fraction of sp³-hybridized carbons (Fsp3) is 0.188. The Hall–Kier alpha value is -3.03. The van der Waals surface area contributed by atoms with E-state index >= 15 is 0 Å². The number of aromatic nitrogens is 3. The zero-order chi connectivity index (χ0) is 17.1. The predicted molar refractivity (Wildman–Crippen MR) is 81.9 cm³/mol. The Morgan fingerprint density at radius 1 is 1.21 bits per heavy atom. The van der Waals surface area contributed by atoms with Gasteiger partial charge >= 0.3 is 6.61 Å². The molecule has 8 heteroatoms. The van der Waals surface area contributed by atoms with E-state index in [1.807, 2.05) is 12.1 Å². The van der Waals surface area contributed by atoms with Crippen molar-refractivity contribution in [2.24, 2.45) is 0 Å². The molecule has 1 aromatic carbocycles. The van der Waals surface area contributed by atoms with Crippen LogP contribution in [-0.4, -0.2) is 27.1 Å². The molecule has 3 aromatic rings. The van der Waals surface area contributed by atoms with Crippen LogP contribution >= 0.6 is 0 Å². The Morgan fingerprint density at radius 2 is 2.04 bits per heavy atom. The smallest absolute Gasteiger partial charge is 0.387 e. The molecule has 1 N–H and O–H groups in total. The number of nitrogens with zero attached hydrogens (tertiary/aromatic N) is 3. The van der Waals surface area contributed by atoms with Gasteiger partial charge in [0.15, 0.2) is 11.5 Å². The maximum atomic E-state index is 12.3. The van der Waals surface area contributed by atoms with Crippen LogP contribution in [-0.2, 0) is 0 Å². The third-order valence-corrected chi connectivity index (χ3v) is 3.40. The predicted octanol–water partition coefficient (Wildman–Crippen LogP) is 2.82. The number of rotatable bonds is 5. The summed E-state index contributed by atoms with van der Waals surface area (Å²) in [4.78, 5) is 12.3. The van der Waals surface area contributed by atoms with Gasteiger partial charge in [-0.1, -0.05) is 12.1 Å². The number of ether oxygens (including phenoxy) is 1. The average Bonchev–Trinajstić information content (AvgIpc) is 2.98. The van der Waals surface area contributed by atoms with Gasteiger partial charge in [0.1, 0.15) is 5.75 Å². The molecular formula is C16H14F2N4O2. The highest BCUT2D eigenvalue weighted by atomic mass is 19.3. The lowest BCUT2D eigenvalue weighted by Crippen LogP contribution is -2.28. The van der Waals surface area contributed by atoms with Crippen LogP contribution in [0.2, 0.25) is 0 Å². The van der Waals surface area contributed by atoms with Crippen molar-refractivity contribution in [2.45, 2.75) is 19.6 Å². The van der Waals surface area contributed by atoms with Crippen LogP contribution < -0.4 is 10.1 Å². The molecule has 0 aliphatic carbocycles. The van der Waals surface area contributed by atoms with Crippen molar-refractivity contribution < 1.29 is 18.3 Å². The molecule has 0 spiro atoms. The molecule has 3 rings (SSSR count). The van der Waals surface area contributed by atoms with Gasteiger partial charge in [0.25, 0.3) is 5.91 Å². The first-order chi connectivity index (χ1) is 11.5. The fourth-order valence-electron chi connectivity index (χ4n) is 2.31. The van der Waals surface area contributed by atoms with Gasteiger partial charge < -0.3 is 10.1 Å². The van der Waals surface area contributed by atoms with E-state index in [0.29, 0.717) is 11.5 Å². The van der Waals surface area contributed by atoms with Gasteiger partial charge in [-0.3, -0.25) is 9.20 Å². The monoisotopic (exact) mass is 332 g/mol. The second-order valence-electron chi connectivity index (χ2n) is 5.09. The van der Waals surface area contributed by atoms with Crippen LogP contribution in [0.25, 0.3) is 5.65 Å². The lowest BCUT2D eigenvalue weighted by Gasteiger charge is -2.13. The minimum Gasteiger partial charge on any atom is -0.435 e. The van der Waals surface area contributed by atoms with Crippen molar-refractivity contribution in [1.29, 1.82) is 0 Å². The molecule has 0 saturated carbocycles. The highest BCUT2D eigenvalue weighted by Crippen LogP contribution is 2.17. The average molecular weight is 332 g/mol. The molecule has 2 heterocycles. The fourth-order valence-corrected chi connectivity index (χ4v) is 2.31. The SMILES string of the molecule is CC(NC(=O)c1cccc(OC(F)F)c1)c1nnc2ccccn12. The Bertz CT molecular complexity index is 866. The number of alkyl halides is 2. The van der Waals surface area contributed by atoms with E-state index in [4.69, 9.17) is 0 Å². The topological polar surface area (TPSA) is 68.5 Å². The number of nitrogens with one attached hydrogen (secondary N) is 1. The first-order valence-electron chi connectivity index (χ1n) is 7.20. The molecular weight excluding hydrogens is 318 g/mol. The number of benzene rings is 1. The third-order valence-electron chi connectivity index (χ3n) is 3.40. The van der Waals surface area contributed by atoms with E-state index in [0.717, 1.165) is 0 Å². The molecule has 0 saturated heterocycles. The normalized spacial score (nSPS) is 12.3. The van der Waals surface area contributed by atoms with Gasteiger partial charge in [-0.05, 0) is 37.3 Å². The Kier molecular flexibility index (Phi) is 4.37. The summed E-state index contributed by atoms with van der Waals surface area (Å²) in [6.45, 7) is -1.18. The van der Waals surface area contributed by atoms with Crippen LogP contribution in [0.3, 0.4) is 0 Å². The standard InChI is InChI=1S/C16H14F2N4O2/c1-10(14-21-20-13-7-2-3-8-22(13)14)19-15(23)11-5-4-6-12(9-11)24-16(17)18/h2-10,16H,1H3,(H,19,23). The summed E-state index contributed by atoms with van der Waals surface area (Å²) in [6.07, 6.45) is 1.80. The molecule has 0 aliphatic heterocycles. The Morgan fingerprint density at radius 3 is 2.83 bits per heavy atom. The van der Waals surface area contributed by atoms with Gasteiger partial charge in [-0.15, -0.1) is 10.2 Å². The maximum Gasteiger partial charge on any atom is 0.387 e. The van der Waals surface area contributed by atoms with Gasteiger partial charge in [0.2, 0.25) is 0 Å². The Labute approximate surface area is 136 Å². The van der Waals surface area contributed by atoms with E-state index in [2.05, 4.69) is 20.3 Å². The van der Waals surface area contributed by atoms with E-state index in [-0.39, 0.29) is 11.3 Å². The molecule has 0 aliphatic rings. The number of hydrogen-bond acceptors (Lipinski definition) is 4. The van der Waals surface area contributed by atoms with Crippen molar-refractivity contribution in [3.63, 3.8) is 0 Å². The first-order valence-corrected chi connectivity index (χ1v) is 7.20. The highest BCUT2D eigenvalue weighted by molar-refractivity contribution is 5.94. The number of pyridine rings is 1. The Balaban J connectivity index is 1.77. The van der Waals surface area contributed by atoms with Crippen molar-refractivity contribution in [3.8, 4) is 5.75 Å². The quantitative estimate of drug-likeness (QED) is 0.780. The van der Waals surface area contributed by atoms with E-state index < -0.39 is 18.6 Å². The minimum absolute atomic E-state index is 0.0711. The van der Waals surface area contributed by atoms with Crippen LogP contribution in [0.4, 0.5) is 8.78 Å². The number of hydrogen-bond donors (Lipinski definition) is 1. The second kappa shape index (κ2) is 6.61. The van der Waals surface area contributed by atoms with Crippen molar-refractivity contribution >= 4 is 11.6 Å². The lowest BCUT2D eigenvalue weighted by molar-refractivity contribution is -0.0498. The number of halogens is 2. The number of amides is 1.